The van der Waals surface area contributed by atoms with Gasteiger partial charge in [-0.1, -0.05) is 60.7 Å². The van der Waals surface area contributed by atoms with Gasteiger partial charge in [-0.3, -0.25) is 62.7 Å². The van der Waals surface area contributed by atoms with E-state index in [1.807, 2.05) is 0 Å². The maximum absolute atomic E-state index is 14.7. The Morgan fingerprint density at radius 3 is 1.57 bits per heavy atom. The molecule has 0 saturated carbocycles. The fourth-order valence-corrected chi connectivity index (χ4v) is 10.7. The third kappa shape index (κ3) is 24.7. The second kappa shape index (κ2) is 35.9. The number of rotatable bonds is 15. The molecule has 0 spiro atoms. The number of thiol groups is 1. The average molecular weight is 1210 g/mol. The lowest BCUT2D eigenvalue weighted by Crippen LogP contribution is -2.60. The Labute approximate surface area is 494 Å². The largest absolute Gasteiger partial charge is 0.370 e. The number of hydrogen-bond donors (Lipinski definition) is 15. The molecule has 2 heterocycles. The van der Waals surface area contributed by atoms with Gasteiger partial charge in [0.15, 0.2) is 11.9 Å². The third-order valence-corrected chi connectivity index (χ3v) is 15.2. The van der Waals surface area contributed by atoms with E-state index in [4.69, 9.17) is 28.7 Å². The molecule has 28 nitrogen and oxygen atoms in total. The smallest absolute Gasteiger partial charge is 0.246 e. The summed E-state index contributed by atoms with van der Waals surface area (Å²) in [5, 5.41) is 23.9. The van der Waals surface area contributed by atoms with Gasteiger partial charge in [0.1, 0.15) is 48.3 Å². The first-order chi connectivity index (χ1) is 39.6. The van der Waals surface area contributed by atoms with Crippen molar-refractivity contribution >= 4 is 113 Å². The van der Waals surface area contributed by atoms with Crippen LogP contribution in [0.2, 0.25) is 0 Å². The molecule has 2 saturated heterocycles. The van der Waals surface area contributed by atoms with Crippen molar-refractivity contribution in [3.05, 3.63) is 71.8 Å². The molecule has 2 aliphatic rings. The van der Waals surface area contributed by atoms with E-state index >= 15 is 0 Å². The van der Waals surface area contributed by atoms with Crippen molar-refractivity contribution < 1.29 is 52.7 Å². The summed E-state index contributed by atoms with van der Waals surface area (Å²) in [5.41, 5.74) is 29.2. The molecule has 454 valence electrons. The van der Waals surface area contributed by atoms with Crippen molar-refractivity contribution in [2.45, 2.75) is 107 Å². The molecule has 83 heavy (non-hydrogen) atoms. The number of benzene rings is 2. The minimum Gasteiger partial charge on any atom is -0.370 e. The monoisotopic (exact) mass is 1210 g/mol. The number of thioether (sulfide) groups is 2. The highest BCUT2D eigenvalue weighted by Gasteiger charge is 2.40. The van der Waals surface area contributed by atoms with E-state index in [0.29, 0.717) is 17.5 Å². The molecule has 0 aromatic heterocycles. The van der Waals surface area contributed by atoms with Gasteiger partial charge in [-0.15, -0.1) is 23.5 Å². The second-order valence-corrected chi connectivity index (χ2v) is 21.8. The Balaban J connectivity index is 1.71. The number of primary amides is 1. The SMILES string of the molecule is CC(=O)N[C@H]1CSCC(=O)NCCNC(=O)CSC[C@@H](C(N)=O)NC(=O)[C@H](Cc2ccccc2)NC(=O)[C@H](CCCN=C(N)N)NC(=O)[C@H](CS)NC(=O)[C@H](CCCN=C(N)N)NC(=O)[C@@H]2CCCN2C(=O)[C@H](Cc2ccccc2)NC1=O. The zero-order valence-electron chi connectivity index (χ0n) is 46.1. The lowest BCUT2D eigenvalue weighted by atomic mass is 10.0. The maximum Gasteiger partial charge on any atom is 0.246 e. The zero-order chi connectivity index (χ0) is 60.8. The number of nitrogens with zero attached hydrogens (tertiary/aromatic N) is 3. The standard InChI is InChI=1S/C52H77N17O11S3/c1-30(70)62-39-27-83-29-42(72)59-21-20-58-41(71)28-82-26-38(43(53)73)68-46(76)35(23-31-11-4-2-5-12-31)65-44(74)33(15-8-18-60-51(54)55)63-47(77)37(25-81)67-45(75)34(16-9-19-61-52(56)57)64-49(79)40-17-10-22-69(40)50(80)36(66-48(39)78)24-32-13-6-3-7-14-32/h2-7,11-14,33-40,81H,8-10,15-29H2,1H3,(H2,53,73)(H,58,71)(H,59,72)(H,62,70)(H,63,77)(H,64,79)(H,65,74)(H,66,78)(H,67,75)(H,68,76)(H4,54,55,60)(H4,56,57,61)/t33-,34-,35-,36-,37-,38-,39-,40-/m0/s1. The number of nitrogens with one attached hydrogen (secondary N) is 9. The number of aliphatic imine (C=N–C) groups is 2. The topological polar surface area (TPSA) is 454 Å². The van der Waals surface area contributed by atoms with Gasteiger partial charge in [-0.25, -0.2) is 0 Å². The Hall–Kier alpha value is -7.80. The van der Waals surface area contributed by atoms with Crippen molar-refractivity contribution in [2.24, 2.45) is 38.7 Å². The summed E-state index contributed by atoms with van der Waals surface area (Å²) in [6.45, 7) is 1.40. The van der Waals surface area contributed by atoms with Gasteiger partial charge >= 0.3 is 0 Å². The van der Waals surface area contributed by atoms with Crippen LogP contribution in [0.3, 0.4) is 0 Å². The molecular weight excluding hydrogens is 1130 g/mol. The average Bonchev–Trinajstić information content (AvgIpc) is 4.08. The number of guanidine groups is 2. The summed E-state index contributed by atoms with van der Waals surface area (Å²) in [6, 6.07) is 6.86. The molecule has 11 amide bonds. The van der Waals surface area contributed by atoms with Crippen molar-refractivity contribution in [2.75, 3.05) is 61.5 Å². The number of fused-ring (bicyclic) bond motifs is 1. The van der Waals surface area contributed by atoms with Gasteiger partial charge in [-0.2, -0.15) is 12.6 Å². The van der Waals surface area contributed by atoms with E-state index in [1.54, 1.807) is 60.7 Å². The van der Waals surface area contributed by atoms with E-state index < -0.39 is 113 Å². The molecule has 2 aromatic rings. The van der Waals surface area contributed by atoms with Gasteiger partial charge in [0.25, 0.3) is 0 Å². The highest BCUT2D eigenvalue weighted by atomic mass is 32.2. The summed E-state index contributed by atoms with van der Waals surface area (Å²) < 4.78 is 0. The van der Waals surface area contributed by atoms with Crippen LogP contribution in [0.4, 0.5) is 0 Å². The molecule has 4 rings (SSSR count). The van der Waals surface area contributed by atoms with E-state index in [1.165, 1.54) is 11.8 Å². The van der Waals surface area contributed by atoms with E-state index in [-0.39, 0.29) is 118 Å². The fraction of sp³-hybridized carbons (Fsp3) is 0.519. The molecular formula is C52H77N17O11S3. The van der Waals surface area contributed by atoms with Crippen LogP contribution in [-0.4, -0.2) is 192 Å². The molecule has 2 aromatic carbocycles. The van der Waals surface area contributed by atoms with Crippen molar-refractivity contribution in [1.82, 2.24) is 52.8 Å². The number of carbonyl (C=O) groups is 11. The van der Waals surface area contributed by atoms with Crippen molar-refractivity contribution in [3.63, 3.8) is 0 Å². The molecule has 0 bridgehead atoms. The molecule has 8 atom stereocenters. The van der Waals surface area contributed by atoms with Crippen LogP contribution in [0.15, 0.2) is 70.6 Å². The summed E-state index contributed by atoms with van der Waals surface area (Å²) in [6.07, 6.45) is 0.531. The molecule has 19 N–H and O–H groups in total. The second-order valence-electron chi connectivity index (χ2n) is 19.4. The molecule has 0 aliphatic carbocycles. The number of amides is 11. The normalized spacial score (nSPS) is 23.8. The first-order valence-corrected chi connectivity index (χ1v) is 29.8. The third-order valence-electron chi connectivity index (χ3n) is 12.8. The van der Waals surface area contributed by atoms with E-state index in [0.717, 1.165) is 23.5 Å². The lowest BCUT2D eigenvalue weighted by molar-refractivity contribution is -0.142. The predicted molar refractivity (Wildman–Crippen MR) is 318 cm³/mol. The van der Waals surface area contributed by atoms with Crippen LogP contribution >= 0.6 is 36.2 Å². The Morgan fingerprint density at radius 2 is 1.06 bits per heavy atom. The quantitative estimate of drug-likeness (QED) is 0.0344. The first kappa shape index (κ1) is 67.7. The first-order valence-electron chi connectivity index (χ1n) is 26.8. The molecule has 2 aliphatic heterocycles. The summed E-state index contributed by atoms with van der Waals surface area (Å²) in [5.74, 6) is -9.29. The van der Waals surface area contributed by atoms with Crippen LogP contribution in [-0.2, 0) is 65.6 Å². The predicted octanol–water partition coefficient (Wildman–Crippen LogP) is -4.89. The van der Waals surface area contributed by atoms with Gasteiger partial charge < -0.3 is 81.4 Å². The van der Waals surface area contributed by atoms with Gasteiger partial charge in [0.2, 0.25) is 65.0 Å². The zero-order valence-corrected chi connectivity index (χ0v) is 48.6. The minimum atomic E-state index is -1.44. The number of carbonyl (C=O) groups excluding carboxylic acids is 11. The van der Waals surface area contributed by atoms with E-state index in [2.05, 4.69) is 70.5 Å². The van der Waals surface area contributed by atoms with Crippen LogP contribution < -0.4 is 76.5 Å². The summed E-state index contributed by atoms with van der Waals surface area (Å²) in [4.78, 5) is 160. The fourth-order valence-electron chi connectivity index (χ4n) is 8.65. The highest BCUT2D eigenvalue weighted by molar-refractivity contribution is 8.00. The maximum atomic E-state index is 14.7. The Bertz CT molecular complexity index is 2620. The molecule has 31 heteroatoms. The van der Waals surface area contributed by atoms with Crippen LogP contribution in [0.25, 0.3) is 0 Å². The van der Waals surface area contributed by atoms with Gasteiger partial charge in [0.05, 0.1) is 11.5 Å². The Kier molecular flexibility index (Phi) is 29.3. The van der Waals surface area contributed by atoms with Crippen molar-refractivity contribution in [3.8, 4) is 0 Å². The Morgan fingerprint density at radius 1 is 0.602 bits per heavy atom. The minimum absolute atomic E-state index is 0.0148. The van der Waals surface area contributed by atoms with E-state index in [9.17, 15) is 52.7 Å². The highest BCUT2D eigenvalue weighted by Crippen LogP contribution is 2.21. The summed E-state index contributed by atoms with van der Waals surface area (Å²) >= 11 is 6.35. The summed E-state index contributed by atoms with van der Waals surface area (Å²) in [7, 11) is 0. The van der Waals surface area contributed by atoms with Gasteiger partial charge in [0, 0.05) is 69.7 Å². The van der Waals surface area contributed by atoms with Crippen LogP contribution in [0, 0.1) is 0 Å². The molecule has 2 fully saturated rings. The van der Waals surface area contributed by atoms with Crippen LogP contribution in [0.5, 0.6) is 0 Å². The van der Waals surface area contributed by atoms with Crippen molar-refractivity contribution in [1.29, 1.82) is 0 Å². The molecule has 0 unspecified atom stereocenters. The number of hydrogen-bond acceptors (Lipinski definition) is 16. The van der Waals surface area contributed by atoms with Crippen LogP contribution in [0.1, 0.15) is 56.6 Å². The molecule has 0 radical (unpaired) electrons. The number of nitrogens with two attached hydrogens (primary N) is 5. The van der Waals surface area contributed by atoms with Gasteiger partial charge in [-0.05, 0) is 49.7 Å². The lowest BCUT2D eigenvalue weighted by Gasteiger charge is -2.31.